The molecule has 0 aromatic carbocycles. The quantitative estimate of drug-likeness (QED) is 0.844. The number of imidazole rings is 1. The van der Waals surface area contributed by atoms with E-state index in [1.807, 2.05) is 15.4 Å². The van der Waals surface area contributed by atoms with Crippen LogP contribution in [0.4, 0.5) is 0 Å². The van der Waals surface area contributed by atoms with Crippen LogP contribution in [0.2, 0.25) is 5.02 Å². The molecule has 2 atom stereocenters. The van der Waals surface area contributed by atoms with E-state index in [0.29, 0.717) is 22.0 Å². The smallest absolute Gasteiger partial charge is 0.274 e. The third-order valence-corrected chi connectivity index (χ3v) is 6.17. The highest BCUT2D eigenvalue weighted by molar-refractivity contribution is 6.30. The minimum absolute atomic E-state index is 0.0307. The van der Waals surface area contributed by atoms with Crippen LogP contribution in [0, 0.1) is 16.7 Å². The molecule has 0 N–H and O–H groups in total. The van der Waals surface area contributed by atoms with E-state index in [-0.39, 0.29) is 11.3 Å². The van der Waals surface area contributed by atoms with Gasteiger partial charge in [0.15, 0.2) is 0 Å². The molecule has 4 rings (SSSR count). The summed E-state index contributed by atoms with van der Waals surface area (Å²) < 4.78 is 1.82. The van der Waals surface area contributed by atoms with E-state index >= 15 is 0 Å². The Bertz CT molecular complexity index is 839. The fourth-order valence-electron chi connectivity index (χ4n) is 5.35. The Morgan fingerprint density at radius 2 is 2.12 bits per heavy atom. The van der Waals surface area contributed by atoms with Crippen LogP contribution in [0.3, 0.4) is 0 Å². The van der Waals surface area contributed by atoms with Gasteiger partial charge in [-0.3, -0.25) is 4.79 Å². The Hall–Kier alpha value is -1.59. The van der Waals surface area contributed by atoms with E-state index in [9.17, 15) is 4.79 Å². The number of likely N-dealkylation sites (tertiary alicyclic amines) is 1. The maximum Gasteiger partial charge on any atom is 0.274 e. The van der Waals surface area contributed by atoms with E-state index < -0.39 is 0 Å². The van der Waals surface area contributed by atoms with E-state index in [2.05, 4.69) is 37.8 Å². The molecular formula is C19H25ClN4O. The summed E-state index contributed by atoms with van der Waals surface area (Å²) in [6.07, 6.45) is 4.74. The van der Waals surface area contributed by atoms with Gasteiger partial charge in [-0.1, -0.05) is 25.4 Å². The molecule has 2 aliphatic rings. The van der Waals surface area contributed by atoms with Gasteiger partial charge in [0, 0.05) is 37.4 Å². The van der Waals surface area contributed by atoms with Crippen molar-refractivity contribution in [3.63, 3.8) is 0 Å². The summed E-state index contributed by atoms with van der Waals surface area (Å²) in [4.78, 5) is 21.8. The monoisotopic (exact) mass is 360 g/mol. The summed E-state index contributed by atoms with van der Waals surface area (Å²) in [5.41, 5.74) is 1.78. The normalized spacial score (nSPS) is 27.6. The molecule has 3 heterocycles. The van der Waals surface area contributed by atoms with Crippen molar-refractivity contribution in [2.24, 2.45) is 16.7 Å². The Kier molecular flexibility index (Phi) is 3.68. The van der Waals surface area contributed by atoms with Gasteiger partial charge in [0.1, 0.15) is 11.3 Å². The zero-order valence-corrected chi connectivity index (χ0v) is 16.0. The molecule has 25 heavy (non-hydrogen) atoms. The lowest BCUT2D eigenvalue weighted by molar-refractivity contribution is -0.0789. The van der Waals surface area contributed by atoms with E-state index in [1.54, 1.807) is 18.5 Å². The van der Waals surface area contributed by atoms with Gasteiger partial charge in [-0.25, -0.2) is 4.98 Å². The Morgan fingerprint density at radius 1 is 1.36 bits per heavy atom. The highest BCUT2D eigenvalue weighted by atomic mass is 35.5. The molecule has 2 aromatic heterocycles. The van der Waals surface area contributed by atoms with Crippen LogP contribution in [-0.2, 0) is 0 Å². The van der Waals surface area contributed by atoms with Gasteiger partial charge >= 0.3 is 0 Å². The molecule has 134 valence electrons. The Labute approximate surface area is 153 Å². The molecule has 1 saturated heterocycles. The third kappa shape index (κ3) is 2.64. The first-order valence-electron chi connectivity index (χ1n) is 8.78. The number of pyridine rings is 1. The maximum absolute atomic E-state index is 13.1. The molecule has 0 spiro atoms. The van der Waals surface area contributed by atoms with Crippen molar-refractivity contribution in [3.8, 4) is 0 Å². The lowest BCUT2D eigenvalue weighted by atomic mass is 9.48. The standard InChI is InChI=1S/C19H25ClN4O/c1-18(2)10-19(11-22(3)4)12-24(9-15(18)19)17(25)14-8-23-7-13(20)5-6-16(23)21-14/h5-8,15H,9-12H2,1-4H3/t15-,19+/m1/s1. The Morgan fingerprint density at radius 3 is 2.80 bits per heavy atom. The number of hydrogen-bond acceptors (Lipinski definition) is 3. The van der Waals surface area contributed by atoms with Crippen LogP contribution in [0.25, 0.3) is 5.65 Å². The molecule has 1 aliphatic heterocycles. The molecule has 2 aromatic rings. The lowest BCUT2D eigenvalue weighted by Crippen LogP contribution is -2.57. The van der Waals surface area contributed by atoms with Crippen LogP contribution in [0.15, 0.2) is 24.5 Å². The van der Waals surface area contributed by atoms with Gasteiger partial charge in [-0.15, -0.1) is 0 Å². The number of hydrogen-bond donors (Lipinski definition) is 0. The molecular weight excluding hydrogens is 336 g/mol. The topological polar surface area (TPSA) is 40.9 Å². The second-order valence-electron chi connectivity index (χ2n) is 8.74. The van der Waals surface area contributed by atoms with Gasteiger partial charge in [0.25, 0.3) is 5.91 Å². The van der Waals surface area contributed by atoms with Crippen LogP contribution < -0.4 is 0 Å². The number of amides is 1. The van der Waals surface area contributed by atoms with Gasteiger partial charge in [-0.05, 0) is 44.0 Å². The molecule has 0 radical (unpaired) electrons. The van der Waals surface area contributed by atoms with Crippen molar-refractivity contribution in [1.29, 1.82) is 0 Å². The SMILES string of the molecule is CN(C)C[C@@]12CN(C(=O)c3cn4cc(Cl)ccc4n3)C[C@@H]1C(C)(C)C2. The number of nitrogens with zero attached hydrogens (tertiary/aromatic N) is 4. The van der Waals surface area contributed by atoms with E-state index in [0.717, 1.165) is 25.3 Å². The second kappa shape index (κ2) is 5.45. The Balaban J connectivity index is 1.60. The van der Waals surface area contributed by atoms with Crippen molar-refractivity contribution in [2.75, 3.05) is 33.7 Å². The predicted molar refractivity (Wildman–Crippen MR) is 99.0 cm³/mol. The first-order chi connectivity index (χ1) is 11.7. The maximum atomic E-state index is 13.1. The summed E-state index contributed by atoms with van der Waals surface area (Å²) >= 11 is 6.03. The van der Waals surface area contributed by atoms with E-state index in [4.69, 9.17) is 11.6 Å². The molecule has 6 heteroatoms. The number of aromatic nitrogens is 2. The first kappa shape index (κ1) is 16.9. The van der Waals surface area contributed by atoms with Gasteiger partial charge in [0.2, 0.25) is 0 Å². The zero-order valence-electron chi connectivity index (χ0n) is 15.3. The first-order valence-corrected chi connectivity index (χ1v) is 9.16. The second-order valence-corrected chi connectivity index (χ2v) is 9.18. The van der Waals surface area contributed by atoms with E-state index in [1.165, 1.54) is 6.42 Å². The lowest BCUT2D eigenvalue weighted by Gasteiger charge is -2.57. The highest BCUT2D eigenvalue weighted by Gasteiger charge is 2.63. The summed E-state index contributed by atoms with van der Waals surface area (Å²) in [7, 11) is 4.24. The average molecular weight is 361 g/mol. The third-order valence-electron chi connectivity index (χ3n) is 5.95. The average Bonchev–Trinajstić information content (AvgIpc) is 3.04. The zero-order chi connectivity index (χ0) is 18.0. The van der Waals surface area contributed by atoms with Crippen molar-refractivity contribution in [2.45, 2.75) is 20.3 Å². The predicted octanol–water partition coefficient (Wildman–Crippen LogP) is 3.04. The van der Waals surface area contributed by atoms with Crippen molar-refractivity contribution >= 4 is 23.2 Å². The van der Waals surface area contributed by atoms with Crippen molar-refractivity contribution in [1.82, 2.24) is 19.2 Å². The van der Waals surface area contributed by atoms with Crippen molar-refractivity contribution in [3.05, 3.63) is 35.2 Å². The fourth-order valence-corrected chi connectivity index (χ4v) is 5.52. The van der Waals surface area contributed by atoms with Crippen LogP contribution in [0.1, 0.15) is 30.8 Å². The molecule has 0 unspecified atom stereocenters. The fraction of sp³-hybridized carbons (Fsp3) is 0.579. The number of rotatable bonds is 3. The van der Waals surface area contributed by atoms with Crippen LogP contribution >= 0.6 is 11.6 Å². The minimum atomic E-state index is 0.0307. The molecule has 1 aliphatic carbocycles. The molecule has 5 nitrogen and oxygen atoms in total. The summed E-state index contributed by atoms with van der Waals surface area (Å²) in [6, 6.07) is 3.63. The van der Waals surface area contributed by atoms with Gasteiger partial charge in [-0.2, -0.15) is 0 Å². The molecule has 1 amide bonds. The molecule has 2 fully saturated rings. The van der Waals surface area contributed by atoms with Crippen molar-refractivity contribution < 1.29 is 4.79 Å². The summed E-state index contributed by atoms with van der Waals surface area (Å²) in [5.74, 6) is 0.584. The summed E-state index contributed by atoms with van der Waals surface area (Å²) in [6.45, 7) is 7.34. The number of fused-ring (bicyclic) bond motifs is 2. The van der Waals surface area contributed by atoms with Gasteiger partial charge in [0.05, 0.1) is 5.02 Å². The largest absolute Gasteiger partial charge is 0.336 e. The van der Waals surface area contributed by atoms with Gasteiger partial charge < -0.3 is 14.2 Å². The van der Waals surface area contributed by atoms with Crippen LogP contribution in [0.5, 0.6) is 0 Å². The minimum Gasteiger partial charge on any atom is -0.336 e. The molecule has 1 saturated carbocycles. The number of halogens is 1. The molecule has 0 bridgehead atoms. The highest BCUT2D eigenvalue weighted by Crippen LogP contribution is 2.62. The summed E-state index contributed by atoms with van der Waals surface area (Å²) in [5, 5.41) is 0.634. The van der Waals surface area contributed by atoms with Crippen LogP contribution in [-0.4, -0.2) is 58.8 Å². The number of carbonyl (C=O) groups is 1. The number of carbonyl (C=O) groups excluding carboxylic acids is 1.